The van der Waals surface area contributed by atoms with Crippen molar-refractivity contribution in [3.05, 3.63) is 34.4 Å². The Morgan fingerprint density at radius 1 is 1.32 bits per heavy atom. The van der Waals surface area contributed by atoms with E-state index in [1.165, 1.54) is 17.4 Å². The van der Waals surface area contributed by atoms with Crippen LogP contribution < -0.4 is 5.32 Å². The molecule has 1 atom stereocenters. The van der Waals surface area contributed by atoms with Crippen molar-refractivity contribution in [2.45, 2.75) is 25.6 Å². The monoisotopic (exact) mass is 288 g/mol. The summed E-state index contributed by atoms with van der Waals surface area (Å²) >= 11 is 1.48. The molecule has 0 aliphatic rings. The average Bonchev–Trinajstić information content (AvgIpc) is 2.89. The molecule has 102 valence electrons. The molecule has 0 aliphatic heterocycles. The number of anilines is 1. The first-order valence-electron chi connectivity index (χ1n) is 5.57. The summed E-state index contributed by atoms with van der Waals surface area (Å²) in [6, 6.07) is 2.10. The molecule has 2 aromatic rings. The number of halogens is 3. The average molecular weight is 288 g/mol. The van der Waals surface area contributed by atoms with Crippen LogP contribution in [0.2, 0.25) is 0 Å². The van der Waals surface area contributed by atoms with Crippen LogP contribution in [-0.4, -0.2) is 15.2 Å². The largest absolute Gasteiger partial charge is 0.435 e. The zero-order valence-electron chi connectivity index (χ0n) is 9.98. The molecule has 19 heavy (non-hydrogen) atoms. The van der Waals surface area contributed by atoms with Crippen molar-refractivity contribution in [2.75, 3.05) is 5.32 Å². The third kappa shape index (κ3) is 3.40. The number of aromatic nitrogens is 3. The van der Waals surface area contributed by atoms with Gasteiger partial charge in [-0.05, 0) is 18.6 Å². The Hall–Kier alpha value is -1.70. The van der Waals surface area contributed by atoms with E-state index in [0.717, 1.165) is 17.5 Å². The molecule has 8 heteroatoms. The van der Waals surface area contributed by atoms with Gasteiger partial charge in [-0.1, -0.05) is 6.92 Å². The smallest absolute Gasteiger partial charge is 0.359 e. The molecule has 0 aliphatic carbocycles. The third-order valence-corrected chi connectivity index (χ3v) is 3.32. The highest BCUT2D eigenvalue weighted by Gasteiger charge is 2.32. The predicted octanol–water partition coefficient (Wildman–Crippen LogP) is 3.52. The number of thiazole rings is 1. The molecule has 0 amide bonds. The van der Waals surface area contributed by atoms with Crippen molar-refractivity contribution in [1.82, 2.24) is 15.2 Å². The molecule has 1 N–H and O–H groups in total. The minimum Gasteiger partial charge on any atom is -0.359 e. The molecule has 4 nitrogen and oxygen atoms in total. The molecule has 2 heterocycles. The van der Waals surface area contributed by atoms with Crippen LogP contribution in [0.25, 0.3) is 0 Å². The molecule has 0 radical (unpaired) electrons. The van der Waals surface area contributed by atoms with Gasteiger partial charge in [0.05, 0.1) is 6.04 Å². The number of nitrogens with one attached hydrogen (secondary N) is 1. The van der Waals surface area contributed by atoms with E-state index >= 15 is 0 Å². The topological polar surface area (TPSA) is 50.7 Å². The summed E-state index contributed by atoms with van der Waals surface area (Å²) in [6.45, 7) is 1.95. The second kappa shape index (κ2) is 5.52. The summed E-state index contributed by atoms with van der Waals surface area (Å²) in [7, 11) is 0. The summed E-state index contributed by atoms with van der Waals surface area (Å²) in [5.74, 6) is 0.301. The number of hydrogen-bond acceptors (Lipinski definition) is 5. The van der Waals surface area contributed by atoms with Crippen LogP contribution in [0.5, 0.6) is 0 Å². The van der Waals surface area contributed by atoms with E-state index in [4.69, 9.17) is 0 Å². The van der Waals surface area contributed by atoms with Gasteiger partial charge in [0, 0.05) is 11.6 Å². The standard InChI is InChI=1S/C11H11F3N4S/c1-2-7(10-15-5-6-19-10)16-9-4-3-8(17-18-9)11(12,13)14/h3-7H,2H2,1H3,(H,16,18). The number of hydrogen-bond donors (Lipinski definition) is 1. The van der Waals surface area contributed by atoms with Gasteiger partial charge in [0.1, 0.15) is 10.8 Å². The van der Waals surface area contributed by atoms with Crippen LogP contribution in [0.15, 0.2) is 23.7 Å². The maximum absolute atomic E-state index is 12.3. The molecule has 2 aromatic heterocycles. The summed E-state index contributed by atoms with van der Waals surface area (Å²) < 4.78 is 37.0. The van der Waals surface area contributed by atoms with Crippen molar-refractivity contribution in [1.29, 1.82) is 0 Å². The van der Waals surface area contributed by atoms with Gasteiger partial charge < -0.3 is 5.32 Å². The van der Waals surface area contributed by atoms with E-state index in [1.54, 1.807) is 6.20 Å². The Morgan fingerprint density at radius 3 is 2.58 bits per heavy atom. The van der Waals surface area contributed by atoms with Gasteiger partial charge in [-0.2, -0.15) is 13.2 Å². The Morgan fingerprint density at radius 2 is 2.11 bits per heavy atom. The first kappa shape index (κ1) is 13.7. The van der Waals surface area contributed by atoms with E-state index in [-0.39, 0.29) is 6.04 Å². The van der Waals surface area contributed by atoms with Crippen LogP contribution >= 0.6 is 11.3 Å². The predicted molar refractivity (Wildman–Crippen MR) is 65.8 cm³/mol. The van der Waals surface area contributed by atoms with Crippen molar-refractivity contribution < 1.29 is 13.2 Å². The number of nitrogens with zero attached hydrogens (tertiary/aromatic N) is 3. The van der Waals surface area contributed by atoms with Gasteiger partial charge in [-0.3, -0.25) is 0 Å². The minimum atomic E-state index is -4.47. The van der Waals surface area contributed by atoms with E-state index in [1.807, 2.05) is 12.3 Å². The Kier molecular flexibility index (Phi) is 3.98. The van der Waals surface area contributed by atoms with Crippen LogP contribution in [0.1, 0.15) is 30.1 Å². The Bertz CT molecular complexity index is 510. The number of rotatable bonds is 4. The molecule has 0 saturated heterocycles. The third-order valence-electron chi connectivity index (χ3n) is 2.43. The SMILES string of the molecule is CCC(Nc1ccc(C(F)(F)F)nn1)c1nccs1. The van der Waals surface area contributed by atoms with E-state index in [9.17, 15) is 13.2 Å². The molecule has 0 aromatic carbocycles. The lowest BCUT2D eigenvalue weighted by molar-refractivity contribution is -0.141. The molecule has 0 fully saturated rings. The van der Waals surface area contributed by atoms with Crippen molar-refractivity contribution in [3.63, 3.8) is 0 Å². The quantitative estimate of drug-likeness (QED) is 0.935. The van der Waals surface area contributed by atoms with Crippen LogP contribution in [-0.2, 0) is 6.18 Å². The summed E-state index contributed by atoms with van der Waals surface area (Å²) in [5.41, 5.74) is -1.000. The van der Waals surface area contributed by atoms with Crippen LogP contribution in [0, 0.1) is 0 Å². The molecule has 1 unspecified atom stereocenters. The van der Waals surface area contributed by atoms with E-state index < -0.39 is 11.9 Å². The van der Waals surface area contributed by atoms with E-state index in [2.05, 4.69) is 20.5 Å². The minimum absolute atomic E-state index is 0.0777. The first-order valence-corrected chi connectivity index (χ1v) is 6.45. The number of alkyl halides is 3. The van der Waals surface area contributed by atoms with Gasteiger partial charge in [-0.25, -0.2) is 4.98 Å². The van der Waals surface area contributed by atoms with Gasteiger partial charge in [0.2, 0.25) is 0 Å². The van der Waals surface area contributed by atoms with Crippen molar-refractivity contribution in [3.8, 4) is 0 Å². The fraction of sp³-hybridized carbons (Fsp3) is 0.364. The fourth-order valence-corrected chi connectivity index (χ4v) is 2.26. The Labute approximate surface area is 111 Å². The van der Waals surface area contributed by atoms with Crippen LogP contribution in [0.3, 0.4) is 0 Å². The first-order chi connectivity index (χ1) is 9.00. The van der Waals surface area contributed by atoms with Gasteiger partial charge in [-0.15, -0.1) is 21.5 Å². The molecular formula is C11H11F3N4S. The zero-order chi connectivity index (χ0) is 13.9. The lowest BCUT2D eigenvalue weighted by atomic mass is 10.2. The molecular weight excluding hydrogens is 277 g/mol. The summed E-state index contributed by atoms with van der Waals surface area (Å²) in [6.07, 6.45) is -2.04. The van der Waals surface area contributed by atoms with Gasteiger partial charge in [0.25, 0.3) is 0 Å². The maximum atomic E-state index is 12.3. The zero-order valence-corrected chi connectivity index (χ0v) is 10.8. The van der Waals surface area contributed by atoms with Gasteiger partial charge in [0.15, 0.2) is 5.69 Å². The molecule has 2 rings (SSSR count). The second-order valence-corrected chi connectivity index (χ2v) is 4.70. The molecule has 0 saturated carbocycles. The second-order valence-electron chi connectivity index (χ2n) is 3.78. The molecule has 0 spiro atoms. The fourth-order valence-electron chi connectivity index (χ4n) is 1.48. The van der Waals surface area contributed by atoms with E-state index in [0.29, 0.717) is 5.82 Å². The summed E-state index contributed by atoms with van der Waals surface area (Å²) in [4.78, 5) is 4.17. The molecule has 0 bridgehead atoms. The van der Waals surface area contributed by atoms with Gasteiger partial charge >= 0.3 is 6.18 Å². The van der Waals surface area contributed by atoms with Crippen molar-refractivity contribution >= 4 is 17.2 Å². The Balaban J connectivity index is 2.11. The highest BCUT2D eigenvalue weighted by molar-refractivity contribution is 7.09. The lowest BCUT2D eigenvalue weighted by Crippen LogP contribution is -2.13. The summed E-state index contributed by atoms with van der Waals surface area (Å²) in [5, 5.41) is 12.4. The maximum Gasteiger partial charge on any atom is 0.435 e. The highest BCUT2D eigenvalue weighted by Crippen LogP contribution is 2.28. The highest BCUT2D eigenvalue weighted by atomic mass is 32.1. The van der Waals surface area contributed by atoms with Crippen molar-refractivity contribution in [2.24, 2.45) is 0 Å². The lowest BCUT2D eigenvalue weighted by Gasteiger charge is -2.14. The van der Waals surface area contributed by atoms with Crippen LogP contribution in [0.4, 0.5) is 19.0 Å². The normalized spacial score (nSPS) is 13.3.